The zero-order chi connectivity index (χ0) is 20.1. The number of benzene rings is 2. The fourth-order valence-corrected chi connectivity index (χ4v) is 3.11. The van der Waals surface area contributed by atoms with E-state index in [9.17, 15) is 9.59 Å². The first-order valence-electron chi connectivity index (χ1n) is 8.31. The van der Waals surface area contributed by atoms with E-state index >= 15 is 0 Å². The van der Waals surface area contributed by atoms with E-state index in [-0.39, 0.29) is 5.91 Å². The van der Waals surface area contributed by atoms with Crippen molar-refractivity contribution in [1.29, 1.82) is 0 Å². The highest BCUT2D eigenvalue weighted by atomic mass is 35.5. The molecule has 9 heteroatoms. The third-order valence-corrected chi connectivity index (χ3v) is 4.86. The van der Waals surface area contributed by atoms with Crippen LogP contribution in [0.1, 0.15) is 17.3 Å². The molecule has 0 saturated carbocycles. The summed E-state index contributed by atoms with van der Waals surface area (Å²) in [5.74, 6) is -0.0538. The Kier molecular flexibility index (Phi) is 6.23. The molecule has 3 rings (SSSR count). The number of anilines is 2. The molecule has 0 aliphatic heterocycles. The lowest BCUT2D eigenvalue weighted by molar-refractivity contribution is -0.115. The molecule has 0 saturated heterocycles. The van der Waals surface area contributed by atoms with Crippen molar-refractivity contribution in [2.24, 2.45) is 0 Å². The molecule has 7 nitrogen and oxygen atoms in total. The van der Waals surface area contributed by atoms with Gasteiger partial charge < -0.3 is 10.1 Å². The summed E-state index contributed by atoms with van der Waals surface area (Å²) in [6.07, 6.45) is 0. The van der Waals surface area contributed by atoms with E-state index in [2.05, 4.69) is 20.8 Å². The predicted octanol–water partition coefficient (Wildman–Crippen LogP) is 4.03. The number of carbonyl (C=O) groups is 2. The minimum atomic E-state index is -0.716. The summed E-state index contributed by atoms with van der Waals surface area (Å²) in [4.78, 5) is 24.5. The average Bonchev–Trinajstić information content (AvgIpc) is 3.16. The first-order chi connectivity index (χ1) is 13.5. The van der Waals surface area contributed by atoms with E-state index in [4.69, 9.17) is 16.3 Å². The highest BCUT2D eigenvalue weighted by Gasteiger charge is 2.17. The lowest BCUT2D eigenvalue weighted by Crippen LogP contribution is -2.23. The van der Waals surface area contributed by atoms with Gasteiger partial charge >= 0.3 is 0 Å². The van der Waals surface area contributed by atoms with Gasteiger partial charge in [-0.2, -0.15) is 0 Å². The second kappa shape index (κ2) is 8.81. The Balaban J connectivity index is 1.75. The van der Waals surface area contributed by atoms with Crippen molar-refractivity contribution in [2.45, 2.75) is 12.3 Å². The summed E-state index contributed by atoms with van der Waals surface area (Å²) < 4.78 is 5.14. The molecule has 0 radical (unpaired) electrons. The van der Waals surface area contributed by atoms with Crippen LogP contribution in [-0.2, 0) is 4.79 Å². The van der Waals surface area contributed by atoms with E-state index in [1.807, 2.05) is 24.3 Å². The summed E-state index contributed by atoms with van der Waals surface area (Å²) >= 11 is 7.03. The van der Waals surface area contributed by atoms with E-state index in [0.29, 0.717) is 21.4 Å². The maximum absolute atomic E-state index is 12.6. The highest BCUT2D eigenvalue weighted by molar-refractivity contribution is 7.18. The van der Waals surface area contributed by atoms with E-state index < -0.39 is 11.3 Å². The zero-order valence-electron chi connectivity index (χ0n) is 15.1. The average molecular weight is 417 g/mol. The van der Waals surface area contributed by atoms with Crippen molar-refractivity contribution >= 4 is 45.6 Å². The second-order valence-corrected chi connectivity index (χ2v) is 7.38. The number of nitrogens with zero attached hydrogens (tertiary/aromatic N) is 2. The Morgan fingerprint density at radius 2 is 1.79 bits per heavy atom. The number of alkyl halides is 1. The third-order valence-electron chi connectivity index (χ3n) is 3.77. The summed E-state index contributed by atoms with van der Waals surface area (Å²) in [5, 5.41) is 13.8. The molecular formula is C19H17ClN4O3S. The van der Waals surface area contributed by atoms with Crippen LogP contribution in [0.4, 0.5) is 10.8 Å². The zero-order valence-corrected chi connectivity index (χ0v) is 16.7. The lowest BCUT2D eigenvalue weighted by atomic mass is 10.1. The molecule has 1 aromatic heterocycles. The van der Waals surface area contributed by atoms with Crippen molar-refractivity contribution in [2.75, 3.05) is 17.7 Å². The van der Waals surface area contributed by atoms with Crippen LogP contribution >= 0.6 is 22.9 Å². The molecule has 2 N–H and O–H groups in total. The predicted molar refractivity (Wildman–Crippen MR) is 110 cm³/mol. The van der Waals surface area contributed by atoms with Crippen LogP contribution in [0.2, 0.25) is 0 Å². The van der Waals surface area contributed by atoms with Crippen molar-refractivity contribution < 1.29 is 14.3 Å². The van der Waals surface area contributed by atoms with Gasteiger partial charge in [0.15, 0.2) is 0 Å². The molecule has 144 valence electrons. The molecule has 0 unspecified atom stereocenters. The van der Waals surface area contributed by atoms with Gasteiger partial charge in [-0.15, -0.1) is 21.8 Å². The van der Waals surface area contributed by atoms with Crippen LogP contribution in [0.25, 0.3) is 10.6 Å². The minimum Gasteiger partial charge on any atom is -0.497 e. The normalized spacial score (nSPS) is 11.5. The first kappa shape index (κ1) is 19.8. The molecule has 0 fully saturated rings. The van der Waals surface area contributed by atoms with Gasteiger partial charge in [0.05, 0.1) is 18.4 Å². The highest BCUT2D eigenvalue weighted by Crippen LogP contribution is 2.28. The number of carbonyl (C=O) groups excluding carboxylic acids is 2. The maximum Gasteiger partial charge on any atom is 0.259 e. The third kappa shape index (κ3) is 4.65. The van der Waals surface area contributed by atoms with Crippen LogP contribution < -0.4 is 15.4 Å². The molecule has 2 amide bonds. The fraction of sp³-hybridized carbons (Fsp3) is 0.158. The topological polar surface area (TPSA) is 93.2 Å². The summed E-state index contributed by atoms with van der Waals surface area (Å²) in [6.45, 7) is 1.56. The minimum absolute atomic E-state index is 0.300. The number of halogens is 1. The Morgan fingerprint density at radius 1 is 1.07 bits per heavy atom. The number of amides is 2. The summed E-state index contributed by atoms with van der Waals surface area (Å²) in [5.41, 5.74) is 1.54. The number of nitrogens with one attached hydrogen (secondary N) is 2. The molecule has 2 aromatic carbocycles. The van der Waals surface area contributed by atoms with Crippen LogP contribution in [0, 0.1) is 0 Å². The molecule has 28 heavy (non-hydrogen) atoms. The Labute approximate surface area is 170 Å². The van der Waals surface area contributed by atoms with E-state index in [1.54, 1.807) is 38.3 Å². The van der Waals surface area contributed by atoms with Crippen molar-refractivity contribution in [3.63, 3.8) is 0 Å². The number of aromatic nitrogens is 2. The smallest absolute Gasteiger partial charge is 0.259 e. The molecule has 0 bridgehead atoms. The number of para-hydroxylation sites is 1. The number of methoxy groups -OCH3 is 1. The van der Waals surface area contributed by atoms with Gasteiger partial charge in [-0.05, 0) is 43.3 Å². The molecule has 1 heterocycles. The van der Waals surface area contributed by atoms with Gasteiger partial charge in [0.2, 0.25) is 11.0 Å². The lowest BCUT2D eigenvalue weighted by Gasteiger charge is -2.11. The molecular weight excluding hydrogens is 400 g/mol. The van der Waals surface area contributed by atoms with Gasteiger partial charge in [-0.25, -0.2) is 0 Å². The maximum atomic E-state index is 12.6. The van der Waals surface area contributed by atoms with Crippen LogP contribution in [0.15, 0.2) is 48.5 Å². The molecule has 0 spiro atoms. The Hall–Kier alpha value is -2.97. The largest absolute Gasteiger partial charge is 0.497 e. The van der Waals surface area contributed by atoms with Gasteiger partial charge in [0.1, 0.15) is 16.1 Å². The van der Waals surface area contributed by atoms with Crippen molar-refractivity contribution in [1.82, 2.24) is 10.2 Å². The van der Waals surface area contributed by atoms with Crippen LogP contribution in [-0.4, -0.2) is 34.5 Å². The molecule has 1 atom stereocenters. The van der Waals surface area contributed by atoms with E-state index in [1.165, 1.54) is 11.3 Å². The Morgan fingerprint density at radius 3 is 2.46 bits per heavy atom. The molecule has 0 aliphatic rings. The standard InChI is InChI=1S/C19H17ClN4O3S/c1-11(20)16(25)21-15-6-4-3-5-14(15)17(26)22-19-24-23-18(28-19)12-7-9-13(27-2)10-8-12/h3-11H,1-2H3,(H,21,25)(H,22,24,26)/t11-/m1/s1. The fourth-order valence-electron chi connectivity index (χ4n) is 2.31. The molecule has 3 aromatic rings. The van der Waals surface area contributed by atoms with Gasteiger partial charge in [0.25, 0.3) is 5.91 Å². The first-order valence-corrected chi connectivity index (χ1v) is 9.56. The number of rotatable bonds is 6. The Bertz CT molecular complexity index is 989. The monoisotopic (exact) mass is 416 g/mol. The van der Waals surface area contributed by atoms with Crippen molar-refractivity contribution in [3.05, 3.63) is 54.1 Å². The summed E-state index contributed by atoms with van der Waals surface area (Å²) in [6, 6.07) is 14.0. The van der Waals surface area contributed by atoms with Crippen LogP contribution in [0.3, 0.4) is 0 Å². The number of ether oxygens (including phenoxy) is 1. The number of hydrogen-bond acceptors (Lipinski definition) is 6. The van der Waals surface area contributed by atoms with Gasteiger partial charge in [0, 0.05) is 5.56 Å². The SMILES string of the molecule is COc1ccc(-c2nnc(NC(=O)c3ccccc3NC(=O)[C@@H](C)Cl)s2)cc1. The van der Waals surface area contributed by atoms with E-state index in [0.717, 1.165) is 11.3 Å². The van der Waals surface area contributed by atoms with Crippen LogP contribution in [0.5, 0.6) is 5.75 Å². The van der Waals surface area contributed by atoms with Gasteiger partial charge in [-0.3, -0.25) is 14.9 Å². The number of hydrogen-bond donors (Lipinski definition) is 2. The van der Waals surface area contributed by atoms with Crippen molar-refractivity contribution in [3.8, 4) is 16.3 Å². The summed E-state index contributed by atoms with van der Waals surface area (Å²) in [7, 11) is 1.60. The quantitative estimate of drug-likeness (QED) is 0.591. The van der Waals surface area contributed by atoms with Gasteiger partial charge in [-0.1, -0.05) is 23.5 Å². The molecule has 0 aliphatic carbocycles. The second-order valence-electron chi connectivity index (χ2n) is 5.75.